The highest BCUT2D eigenvalue weighted by Crippen LogP contribution is 2.38. The molecule has 1 fully saturated rings. The number of aromatic amines is 1. The van der Waals surface area contributed by atoms with Gasteiger partial charge in [-0.3, -0.25) is 19.1 Å². The second-order valence-electron chi connectivity index (χ2n) is 9.29. The lowest BCUT2D eigenvalue weighted by molar-refractivity contribution is -0.168. The van der Waals surface area contributed by atoms with E-state index < -0.39 is 50.1 Å². The standard InChI is InChI=1S/C28H32N3O9P/c1-19(26(33)38-20(2)27(34)36-17-21-9-5-3-6-10-21)30-41(40-22-11-7-4-8-12-22)37-18-23-13-14-25(39-23)31-16-15-24(32)29-28(31)35/h3-12,15-16,19-20,23,25,30H,13-14,17-18H2,1-2H3,(H,29,32,35)/t19-,20?,23?,25?,41?/m0/s1. The first-order chi connectivity index (χ1) is 19.8. The van der Waals surface area contributed by atoms with Gasteiger partial charge in [-0.05, 0) is 44.4 Å². The fourth-order valence-electron chi connectivity index (χ4n) is 3.87. The van der Waals surface area contributed by atoms with Gasteiger partial charge in [0.25, 0.3) is 5.56 Å². The van der Waals surface area contributed by atoms with Crippen molar-refractivity contribution in [3.05, 3.63) is 99.3 Å². The molecule has 0 amide bonds. The highest BCUT2D eigenvalue weighted by Gasteiger charge is 2.31. The van der Waals surface area contributed by atoms with Gasteiger partial charge >= 0.3 is 26.2 Å². The lowest BCUT2D eigenvalue weighted by Gasteiger charge is -2.24. The van der Waals surface area contributed by atoms with Crippen molar-refractivity contribution in [1.82, 2.24) is 14.6 Å². The SMILES string of the molecule is CC(OC(=O)[C@H](C)NP(OCC1CCC(n2ccc(=O)[nH]c2=O)O1)Oc1ccccc1)C(=O)OCc1ccccc1. The lowest BCUT2D eigenvalue weighted by atomic mass is 10.2. The Balaban J connectivity index is 1.30. The van der Waals surface area contributed by atoms with Crippen LogP contribution in [0, 0.1) is 0 Å². The van der Waals surface area contributed by atoms with Crippen LogP contribution < -0.4 is 20.9 Å². The van der Waals surface area contributed by atoms with Crippen molar-refractivity contribution in [3.8, 4) is 5.75 Å². The molecule has 1 aliphatic heterocycles. The van der Waals surface area contributed by atoms with Crippen molar-refractivity contribution in [2.24, 2.45) is 0 Å². The van der Waals surface area contributed by atoms with Gasteiger partial charge in [0, 0.05) is 12.3 Å². The molecule has 1 aliphatic rings. The highest BCUT2D eigenvalue weighted by molar-refractivity contribution is 7.45. The molecule has 2 aromatic carbocycles. The normalized spacial score (nSPS) is 18.7. The Hall–Kier alpha value is -3.83. The Labute approximate surface area is 237 Å². The number of hydrogen-bond acceptors (Lipinski definition) is 10. The number of nitrogens with one attached hydrogen (secondary N) is 2. The third-order valence-electron chi connectivity index (χ3n) is 6.06. The Kier molecular flexibility index (Phi) is 10.8. The van der Waals surface area contributed by atoms with Crippen molar-refractivity contribution < 1.29 is 32.8 Å². The van der Waals surface area contributed by atoms with Gasteiger partial charge in [0.05, 0.1) is 12.7 Å². The first kappa shape index (κ1) is 30.1. The molecule has 13 heteroatoms. The molecule has 218 valence electrons. The third-order valence-corrected chi connectivity index (χ3v) is 7.42. The summed E-state index contributed by atoms with van der Waals surface area (Å²) in [6.45, 7) is 3.20. The zero-order valence-electron chi connectivity index (χ0n) is 22.6. The number of ether oxygens (including phenoxy) is 3. The smallest absolute Gasteiger partial charge is 0.347 e. The van der Waals surface area contributed by atoms with Crippen LogP contribution in [0.4, 0.5) is 0 Å². The van der Waals surface area contributed by atoms with Crippen LogP contribution in [-0.4, -0.2) is 46.3 Å². The minimum Gasteiger partial charge on any atom is -0.458 e. The van der Waals surface area contributed by atoms with E-state index in [4.69, 9.17) is 23.3 Å². The van der Waals surface area contributed by atoms with E-state index in [1.807, 2.05) is 36.4 Å². The molecule has 5 atom stereocenters. The molecule has 12 nitrogen and oxygen atoms in total. The zero-order valence-corrected chi connectivity index (χ0v) is 23.5. The van der Waals surface area contributed by atoms with Crippen molar-refractivity contribution in [2.45, 2.75) is 57.8 Å². The molecule has 2 N–H and O–H groups in total. The number of carbonyl (C=O) groups is 2. The van der Waals surface area contributed by atoms with Crippen LogP contribution in [0.1, 0.15) is 38.5 Å². The van der Waals surface area contributed by atoms with E-state index in [1.165, 1.54) is 23.8 Å². The Morgan fingerprint density at radius 3 is 2.44 bits per heavy atom. The van der Waals surface area contributed by atoms with Crippen LogP contribution in [-0.2, 0) is 34.9 Å². The molecule has 0 saturated carbocycles. The lowest BCUT2D eigenvalue weighted by Crippen LogP contribution is -2.37. The molecule has 1 saturated heterocycles. The average molecular weight is 586 g/mol. The number of para-hydroxylation sites is 1. The van der Waals surface area contributed by atoms with Crippen LogP contribution >= 0.6 is 8.53 Å². The van der Waals surface area contributed by atoms with Crippen molar-refractivity contribution in [1.29, 1.82) is 0 Å². The molecule has 0 radical (unpaired) electrons. The van der Waals surface area contributed by atoms with Crippen LogP contribution in [0.2, 0.25) is 0 Å². The molecule has 0 bridgehead atoms. The summed E-state index contributed by atoms with van der Waals surface area (Å²) in [5, 5.41) is 2.99. The summed E-state index contributed by atoms with van der Waals surface area (Å²) in [6, 6.07) is 18.5. The van der Waals surface area contributed by atoms with E-state index in [-0.39, 0.29) is 19.3 Å². The van der Waals surface area contributed by atoms with Gasteiger partial charge in [0.1, 0.15) is 24.6 Å². The maximum Gasteiger partial charge on any atom is 0.347 e. The molecule has 0 spiro atoms. The minimum atomic E-state index is -1.84. The Morgan fingerprint density at radius 2 is 1.73 bits per heavy atom. The van der Waals surface area contributed by atoms with E-state index in [1.54, 1.807) is 31.2 Å². The predicted molar refractivity (Wildman–Crippen MR) is 149 cm³/mol. The number of esters is 2. The monoisotopic (exact) mass is 585 g/mol. The number of carbonyl (C=O) groups excluding carboxylic acids is 2. The molecular formula is C28H32N3O9P. The van der Waals surface area contributed by atoms with Gasteiger partial charge in [-0.15, -0.1) is 0 Å². The molecule has 1 aromatic heterocycles. The van der Waals surface area contributed by atoms with Crippen molar-refractivity contribution >= 4 is 20.5 Å². The first-order valence-corrected chi connectivity index (χ1v) is 14.3. The van der Waals surface area contributed by atoms with Crippen LogP contribution in [0.15, 0.2) is 82.5 Å². The maximum atomic E-state index is 12.8. The number of hydrogen-bond donors (Lipinski definition) is 2. The summed E-state index contributed by atoms with van der Waals surface area (Å²) in [7, 11) is -1.84. The van der Waals surface area contributed by atoms with Gasteiger partial charge in [0.2, 0.25) is 0 Å². The topological polar surface area (TPSA) is 147 Å². The second kappa shape index (κ2) is 14.7. The number of rotatable bonds is 13. The third kappa shape index (κ3) is 9.09. The van der Waals surface area contributed by atoms with Gasteiger partial charge in [-0.2, -0.15) is 0 Å². The van der Waals surface area contributed by atoms with Crippen LogP contribution in [0.3, 0.4) is 0 Å². The van der Waals surface area contributed by atoms with Crippen LogP contribution in [0.5, 0.6) is 5.75 Å². The molecule has 41 heavy (non-hydrogen) atoms. The summed E-state index contributed by atoms with van der Waals surface area (Å²) in [4.78, 5) is 50.8. The minimum absolute atomic E-state index is 0.0698. The van der Waals surface area contributed by atoms with Crippen LogP contribution in [0.25, 0.3) is 0 Å². The van der Waals surface area contributed by atoms with Gasteiger partial charge < -0.3 is 23.3 Å². The summed E-state index contributed by atoms with van der Waals surface area (Å²) >= 11 is 0. The van der Waals surface area contributed by atoms with Gasteiger partial charge in [-0.1, -0.05) is 48.5 Å². The molecule has 4 rings (SSSR count). The Morgan fingerprint density at radius 1 is 1.02 bits per heavy atom. The first-order valence-electron chi connectivity index (χ1n) is 13.1. The van der Waals surface area contributed by atoms with Crippen molar-refractivity contribution in [2.75, 3.05) is 6.61 Å². The maximum absolute atomic E-state index is 12.8. The van der Waals surface area contributed by atoms with E-state index in [9.17, 15) is 19.2 Å². The summed E-state index contributed by atoms with van der Waals surface area (Å²) in [6.07, 6.45) is 0.536. The second-order valence-corrected chi connectivity index (χ2v) is 10.5. The summed E-state index contributed by atoms with van der Waals surface area (Å²) in [5.74, 6) is -0.825. The van der Waals surface area contributed by atoms with E-state index in [0.29, 0.717) is 18.6 Å². The molecule has 3 aromatic rings. The summed E-state index contributed by atoms with van der Waals surface area (Å²) < 4.78 is 29.8. The fourth-order valence-corrected chi connectivity index (χ4v) is 5.08. The summed E-state index contributed by atoms with van der Waals surface area (Å²) in [5.41, 5.74) is -0.213. The van der Waals surface area contributed by atoms with E-state index in [2.05, 4.69) is 10.1 Å². The largest absolute Gasteiger partial charge is 0.458 e. The van der Waals surface area contributed by atoms with E-state index >= 15 is 0 Å². The molecule has 4 unspecified atom stereocenters. The quantitative estimate of drug-likeness (QED) is 0.226. The van der Waals surface area contributed by atoms with E-state index in [0.717, 1.165) is 5.56 Å². The van der Waals surface area contributed by atoms with Gasteiger partial charge in [0.15, 0.2) is 6.10 Å². The van der Waals surface area contributed by atoms with Crippen molar-refractivity contribution in [3.63, 3.8) is 0 Å². The van der Waals surface area contributed by atoms with Gasteiger partial charge in [-0.25, -0.2) is 14.7 Å². The molecular weight excluding hydrogens is 553 g/mol. The zero-order chi connectivity index (χ0) is 29.2. The average Bonchev–Trinajstić information content (AvgIpc) is 3.44. The Bertz CT molecular complexity index is 1400. The molecule has 0 aliphatic carbocycles. The molecule has 2 heterocycles. The predicted octanol–water partition coefficient (Wildman–Crippen LogP) is 3.19. The number of nitrogens with zero attached hydrogens (tertiary/aromatic N) is 1. The number of H-pyrrole nitrogens is 1. The number of benzene rings is 2. The number of aromatic nitrogens is 2. The highest BCUT2D eigenvalue weighted by atomic mass is 31.2. The fraction of sp³-hybridized carbons (Fsp3) is 0.357.